The molecule has 180 valence electrons. The van der Waals surface area contributed by atoms with Gasteiger partial charge in [-0.25, -0.2) is 0 Å². The summed E-state index contributed by atoms with van der Waals surface area (Å²) in [6.45, 7) is 9.24. The molecule has 1 aromatic rings. The van der Waals surface area contributed by atoms with Crippen LogP contribution in [-0.4, -0.2) is 17.3 Å². The van der Waals surface area contributed by atoms with E-state index in [1.165, 1.54) is 114 Å². The molecule has 1 rings (SSSR count). The molecule has 0 aliphatic carbocycles. The van der Waals surface area contributed by atoms with Crippen LogP contribution in [-0.2, 0) is 6.42 Å². The highest BCUT2D eigenvalue weighted by molar-refractivity contribution is 8.03. The van der Waals surface area contributed by atoms with Crippen LogP contribution in [0.3, 0.4) is 0 Å². The van der Waals surface area contributed by atoms with E-state index >= 15 is 0 Å². The summed E-state index contributed by atoms with van der Waals surface area (Å²) in [4.78, 5) is 4.78. The fourth-order valence-corrected chi connectivity index (χ4v) is 7.45. The summed E-state index contributed by atoms with van der Waals surface area (Å²) in [6, 6.07) is 5.10. The molecule has 0 saturated carbocycles. The second-order valence-electron chi connectivity index (χ2n) is 8.75. The van der Waals surface area contributed by atoms with Crippen molar-refractivity contribution >= 4 is 35.3 Å². The highest BCUT2D eigenvalue weighted by atomic mass is 32.2. The van der Waals surface area contributed by atoms with Gasteiger partial charge in [-0.05, 0) is 67.1 Å². The van der Waals surface area contributed by atoms with E-state index in [9.17, 15) is 0 Å². The minimum Gasteiger partial charge on any atom is -0.125 e. The van der Waals surface area contributed by atoms with E-state index in [0.717, 1.165) is 0 Å². The Morgan fingerprint density at radius 3 is 1.32 bits per heavy atom. The zero-order valence-corrected chi connectivity index (χ0v) is 23.6. The molecule has 0 nitrogen and oxygen atoms in total. The number of hydrogen-bond acceptors (Lipinski definition) is 3. The van der Waals surface area contributed by atoms with Crippen molar-refractivity contribution in [2.45, 2.75) is 139 Å². The zero-order chi connectivity index (χ0) is 22.6. The van der Waals surface area contributed by atoms with Gasteiger partial charge < -0.3 is 0 Å². The molecule has 0 amide bonds. The van der Waals surface area contributed by atoms with Crippen molar-refractivity contribution in [3.05, 3.63) is 17.7 Å². The number of benzene rings is 1. The Bertz CT molecular complexity index is 506. The van der Waals surface area contributed by atoms with Crippen LogP contribution in [0.4, 0.5) is 0 Å². The first-order chi connectivity index (χ1) is 15.3. The van der Waals surface area contributed by atoms with Crippen LogP contribution in [0.5, 0.6) is 0 Å². The molecule has 0 spiro atoms. The van der Waals surface area contributed by atoms with E-state index in [1.54, 1.807) is 20.2 Å². The van der Waals surface area contributed by atoms with Gasteiger partial charge in [0.1, 0.15) is 0 Å². The first kappa shape index (κ1) is 29.3. The van der Waals surface area contributed by atoms with Gasteiger partial charge in [-0.15, -0.1) is 35.3 Å². The topological polar surface area (TPSA) is 0 Å². The van der Waals surface area contributed by atoms with Crippen LogP contribution >= 0.6 is 35.3 Å². The maximum Gasteiger partial charge on any atom is 0.0344 e. The predicted molar refractivity (Wildman–Crippen MR) is 150 cm³/mol. The highest BCUT2D eigenvalue weighted by Gasteiger charge is 2.13. The third-order valence-electron chi connectivity index (χ3n) is 5.65. The summed E-state index contributed by atoms with van der Waals surface area (Å²) >= 11 is 6.43. The van der Waals surface area contributed by atoms with E-state index in [-0.39, 0.29) is 0 Å². The molecule has 31 heavy (non-hydrogen) atoms. The monoisotopic (exact) mass is 482 g/mol. The molecule has 3 heteroatoms. The minimum atomic E-state index is 1.24. The Balaban J connectivity index is 2.91. The van der Waals surface area contributed by atoms with Crippen molar-refractivity contribution in [3.63, 3.8) is 0 Å². The molecule has 0 heterocycles. The molecule has 0 unspecified atom stereocenters. The molecule has 0 radical (unpaired) electrons. The van der Waals surface area contributed by atoms with E-state index in [4.69, 9.17) is 0 Å². The molecule has 0 aliphatic heterocycles. The lowest BCUT2D eigenvalue weighted by Gasteiger charge is -2.17. The molecule has 0 aliphatic rings. The van der Waals surface area contributed by atoms with Crippen LogP contribution in [0.25, 0.3) is 0 Å². The third-order valence-corrected chi connectivity index (χ3v) is 9.39. The lowest BCUT2D eigenvalue weighted by atomic mass is 10.1. The average molecular weight is 483 g/mol. The van der Waals surface area contributed by atoms with E-state index in [0.29, 0.717) is 0 Å². The molecular formula is C28H50S3. The van der Waals surface area contributed by atoms with Crippen LogP contribution < -0.4 is 0 Å². The average Bonchev–Trinajstić information content (AvgIpc) is 2.78. The quantitative estimate of drug-likeness (QED) is 0.126. The van der Waals surface area contributed by atoms with Gasteiger partial charge in [0, 0.05) is 14.7 Å². The van der Waals surface area contributed by atoms with Crippen molar-refractivity contribution < 1.29 is 0 Å². The van der Waals surface area contributed by atoms with E-state index in [2.05, 4.69) is 75.1 Å². The van der Waals surface area contributed by atoms with Gasteiger partial charge in [0.05, 0.1) is 0 Å². The summed E-state index contributed by atoms with van der Waals surface area (Å²) in [5.74, 6) is 3.84. The molecule has 0 saturated heterocycles. The Morgan fingerprint density at radius 2 is 0.903 bits per heavy atom. The number of thioether (sulfide) groups is 3. The van der Waals surface area contributed by atoms with Crippen molar-refractivity contribution in [2.24, 2.45) is 0 Å². The van der Waals surface area contributed by atoms with Gasteiger partial charge in [-0.2, -0.15) is 0 Å². The first-order valence-corrected chi connectivity index (χ1v) is 16.3. The Hall–Kier alpha value is 0.270. The fourth-order valence-electron chi connectivity index (χ4n) is 3.64. The Kier molecular flexibility index (Phi) is 19.7. The van der Waals surface area contributed by atoms with Crippen molar-refractivity contribution in [2.75, 3.05) is 17.3 Å². The third kappa shape index (κ3) is 14.2. The van der Waals surface area contributed by atoms with Crippen LogP contribution in [0, 0.1) is 0 Å². The second-order valence-corrected chi connectivity index (χ2v) is 12.1. The summed E-state index contributed by atoms with van der Waals surface area (Å²) in [7, 11) is 0. The zero-order valence-electron chi connectivity index (χ0n) is 21.1. The molecule has 0 aromatic heterocycles. The minimum absolute atomic E-state index is 1.24. The van der Waals surface area contributed by atoms with Crippen LogP contribution in [0.1, 0.15) is 123 Å². The van der Waals surface area contributed by atoms with Gasteiger partial charge >= 0.3 is 0 Å². The largest absolute Gasteiger partial charge is 0.125 e. The van der Waals surface area contributed by atoms with E-state index in [1.807, 2.05) is 0 Å². The smallest absolute Gasteiger partial charge is 0.0344 e. The number of unbranched alkanes of at least 4 members (excludes halogenated alkanes) is 10. The van der Waals surface area contributed by atoms with Crippen LogP contribution in [0.2, 0.25) is 0 Å². The maximum atomic E-state index is 2.55. The molecule has 0 N–H and O–H groups in total. The van der Waals surface area contributed by atoms with E-state index < -0.39 is 0 Å². The lowest BCUT2D eigenvalue weighted by Crippen LogP contribution is -1.95. The molecule has 0 bridgehead atoms. The first-order valence-electron chi connectivity index (χ1n) is 13.3. The molecule has 0 fully saturated rings. The maximum absolute atomic E-state index is 2.55. The number of aryl methyl sites for hydroxylation is 1. The molecule has 0 atom stereocenters. The lowest BCUT2D eigenvalue weighted by molar-refractivity contribution is 0.705. The summed E-state index contributed by atoms with van der Waals surface area (Å²) in [5, 5.41) is 0. The van der Waals surface area contributed by atoms with Crippen LogP contribution in [0.15, 0.2) is 26.8 Å². The fraction of sp³-hybridized carbons (Fsp3) is 0.786. The van der Waals surface area contributed by atoms with Gasteiger partial charge in [0.2, 0.25) is 0 Å². The normalized spacial score (nSPS) is 11.4. The summed E-state index contributed by atoms with van der Waals surface area (Å²) < 4.78 is 0. The Morgan fingerprint density at radius 1 is 0.484 bits per heavy atom. The SMILES string of the molecule is CCCCCCSc1cc(CCCC)cc(SCCCCCC)c1SCCCCCC. The van der Waals surface area contributed by atoms with Gasteiger partial charge in [-0.1, -0.05) is 91.9 Å². The summed E-state index contributed by atoms with van der Waals surface area (Å²) in [6.07, 6.45) is 20.2. The number of rotatable bonds is 21. The van der Waals surface area contributed by atoms with Crippen molar-refractivity contribution in [1.82, 2.24) is 0 Å². The molecular weight excluding hydrogens is 433 g/mol. The van der Waals surface area contributed by atoms with Crippen molar-refractivity contribution in [1.29, 1.82) is 0 Å². The standard InChI is InChI=1S/C28H50S3/c1-5-9-13-16-20-29-26-23-25(19-12-8-4)24-27(30-21-17-14-10-6-2)28(26)31-22-18-15-11-7-3/h23-24H,5-22H2,1-4H3. The van der Waals surface area contributed by atoms with Gasteiger partial charge in [-0.3, -0.25) is 0 Å². The number of hydrogen-bond donors (Lipinski definition) is 0. The van der Waals surface area contributed by atoms with Gasteiger partial charge in [0.15, 0.2) is 0 Å². The predicted octanol–water partition coefficient (Wildman–Crippen LogP) is 11.0. The van der Waals surface area contributed by atoms with Gasteiger partial charge in [0.25, 0.3) is 0 Å². The summed E-state index contributed by atoms with van der Waals surface area (Å²) in [5.41, 5.74) is 1.57. The molecule has 1 aromatic carbocycles. The Labute approximate surface area is 208 Å². The second kappa shape index (κ2) is 20.8. The highest BCUT2D eigenvalue weighted by Crippen LogP contribution is 2.41. The van der Waals surface area contributed by atoms with Crippen molar-refractivity contribution in [3.8, 4) is 0 Å².